The van der Waals surface area contributed by atoms with E-state index in [0.717, 1.165) is 31.4 Å². The molecule has 0 unspecified atom stereocenters. The first-order chi connectivity index (χ1) is 10.8. The summed E-state index contributed by atoms with van der Waals surface area (Å²) in [5, 5.41) is 1.95. The number of carbonyl (C=O) groups excluding carboxylic acids is 1. The molecule has 1 fully saturated rings. The summed E-state index contributed by atoms with van der Waals surface area (Å²) in [4.78, 5) is 16.4. The molecule has 0 atom stereocenters. The van der Waals surface area contributed by atoms with Crippen molar-refractivity contribution in [3.8, 4) is 5.75 Å². The third kappa shape index (κ3) is 4.07. The molecule has 0 amide bonds. The van der Waals surface area contributed by atoms with E-state index in [1.165, 1.54) is 17.8 Å². The molecule has 0 bridgehead atoms. The van der Waals surface area contributed by atoms with Gasteiger partial charge in [0.05, 0.1) is 16.8 Å². The summed E-state index contributed by atoms with van der Waals surface area (Å²) < 4.78 is 11.2. The van der Waals surface area contributed by atoms with Crippen molar-refractivity contribution in [1.29, 1.82) is 0 Å². The molecule has 5 heteroatoms. The van der Waals surface area contributed by atoms with Gasteiger partial charge in [-0.05, 0) is 43.9 Å². The molecule has 0 N–H and O–H groups in total. The van der Waals surface area contributed by atoms with Gasteiger partial charge in [0.2, 0.25) is 0 Å². The number of thiazole rings is 1. The van der Waals surface area contributed by atoms with E-state index in [4.69, 9.17) is 9.47 Å². The molecule has 1 aliphatic rings. The van der Waals surface area contributed by atoms with Crippen molar-refractivity contribution in [2.45, 2.75) is 44.8 Å². The smallest absolute Gasteiger partial charge is 0.338 e. The van der Waals surface area contributed by atoms with Crippen LogP contribution in [-0.4, -0.2) is 17.1 Å². The Hall–Kier alpha value is -1.88. The van der Waals surface area contributed by atoms with Crippen LogP contribution in [0.1, 0.15) is 48.2 Å². The first-order valence-corrected chi connectivity index (χ1v) is 8.56. The number of nitrogens with zero attached hydrogens (tertiary/aromatic N) is 1. The fraction of sp³-hybridized carbons (Fsp3) is 0.412. The van der Waals surface area contributed by atoms with E-state index in [2.05, 4.69) is 4.98 Å². The summed E-state index contributed by atoms with van der Waals surface area (Å²) >= 11 is 1.54. The van der Waals surface area contributed by atoms with Crippen LogP contribution in [0, 0.1) is 0 Å². The number of rotatable bonds is 5. The lowest BCUT2D eigenvalue weighted by Gasteiger charge is -2.21. The maximum atomic E-state index is 12.2. The minimum absolute atomic E-state index is 0.0702. The number of ether oxygens (including phenoxy) is 2. The minimum atomic E-state index is -0.258. The van der Waals surface area contributed by atoms with Crippen LogP contribution in [0.5, 0.6) is 5.75 Å². The number of carbonyl (C=O) groups is 1. The molecule has 1 aromatic heterocycles. The molecular formula is C17H19NO3S. The average molecular weight is 317 g/mol. The molecular weight excluding hydrogens is 298 g/mol. The first kappa shape index (κ1) is 15.0. The van der Waals surface area contributed by atoms with Gasteiger partial charge in [-0.15, -0.1) is 11.3 Å². The Kier molecular flexibility index (Phi) is 5.06. The van der Waals surface area contributed by atoms with Crippen molar-refractivity contribution in [1.82, 2.24) is 4.98 Å². The number of esters is 1. The third-order valence-corrected chi connectivity index (χ3v) is 4.40. The minimum Gasteiger partial charge on any atom is -0.487 e. The topological polar surface area (TPSA) is 48.4 Å². The molecule has 1 saturated carbocycles. The van der Waals surface area contributed by atoms with Crippen molar-refractivity contribution >= 4 is 17.3 Å². The second-order valence-electron chi connectivity index (χ2n) is 5.46. The normalized spacial score (nSPS) is 15.5. The number of aromatic nitrogens is 1. The lowest BCUT2D eigenvalue weighted by Crippen LogP contribution is -2.20. The van der Waals surface area contributed by atoms with Gasteiger partial charge in [-0.25, -0.2) is 9.78 Å². The molecule has 3 rings (SSSR count). The first-order valence-electron chi connectivity index (χ1n) is 7.62. The van der Waals surface area contributed by atoms with Crippen molar-refractivity contribution in [2.24, 2.45) is 0 Å². The SMILES string of the molecule is O=C(OC1CCCCC1)c1cccc(OCc2cscn2)c1. The van der Waals surface area contributed by atoms with E-state index in [1.54, 1.807) is 17.6 Å². The van der Waals surface area contributed by atoms with Crippen molar-refractivity contribution in [2.75, 3.05) is 0 Å². The van der Waals surface area contributed by atoms with E-state index < -0.39 is 0 Å². The van der Waals surface area contributed by atoms with Gasteiger partial charge in [0, 0.05) is 5.38 Å². The zero-order valence-electron chi connectivity index (χ0n) is 12.4. The Labute approximate surface area is 134 Å². The molecule has 116 valence electrons. The van der Waals surface area contributed by atoms with Crippen LogP contribution < -0.4 is 4.74 Å². The van der Waals surface area contributed by atoms with Gasteiger partial charge in [0.25, 0.3) is 0 Å². The van der Waals surface area contributed by atoms with Gasteiger partial charge in [-0.1, -0.05) is 12.5 Å². The summed E-state index contributed by atoms with van der Waals surface area (Å²) in [6, 6.07) is 7.15. The lowest BCUT2D eigenvalue weighted by atomic mass is 9.98. The summed E-state index contributed by atoms with van der Waals surface area (Å²) in [5.41, 5.74) is 3.21. The van der Waals surface area contributed by atoms with Gasteiger partial charge >= 0.3 is 5.97 Å². The molecule has 4 nitrogen and oxygen atoms in total. The fourth-order valence-corrected chi connectivity index (χ4v) is 3.12. The Morgan fingerprint density at radius 3 is 2.91 bits per heavy atom. The molecule has 2 aromatic rings. The Bertz CT molecular complexity index is 606. The molecule has 22 heavy (non-hydrogen) atoms. The predicted molar refractivity (Wildman–Crippen MR) is 85.2 cm³/mol. The number of hydrogen-bond donors (Lipinski definition) is 0. The van der Waals surface area contributed by atoms with Crippen molar-refractivity contribution in [3.05, 3.63) is 46.4 Å². The predicted octanol–water partition coefficient (Wildman–Crippen LogP) is 4.21. The second kappa shape index (κ2) is 7.40. The zero-order valence-corrected chi connectivity index (χ0v) is 13.2. The monoisotopic (exact) mass is 317 g/mol. The molecule has 0 radical (unpaired) electrons. The second-order valence-corrected chi connectivity index (χ2v) is 6.18. The zero-order chi connectivity index (χ0) is 15.2. The van der Waals surface area contributed by atoms with Gasteiger partial charge in [0.15, 0.2) is 0 Å². The van der Waals surface area contributed by atoms with Crippen LogP contribution in [0.25, 0.3) is 0 Å². The van der Waals surface area contributed by atoms with Crippen LogP contribution in [0.3, 0.4) is 0 Å². The maximum absolute atomic E-state index is 12.2. The Morgan fingerprint density at radius 1 is 1.27 bits per heavy atom. The van der Waals surface area contributed by atoms with Gasteiger partial charge in [-0.3, -0.25) is 0 Å². The summed E-state index contributed by atoms with van der Waals surface area (Å²) in [7, 11) is 0. The average Bonchev–Trinajstić information content (AvgIpc) is 3.08. The molecule has 1 aromatic carbocycles. The van der Waals surface area contributed by atoms with Crippen LogP contribution in [0.15, 0.2) is 35.2 Å². The van der Waals surface area contributed by atoms with Gasteiger partial charge in [-0.2, -0.15) is 0 Å². The Balaban J connectivity index is 1.58. The molecule has 1 heterocycles. The van der Waals surface area contributed by atoms with E-state index in [9.17, 15) is 4.79 Å². The van der Waals surface area contributed by atoms with Gasteiger partial charge in [0.1, 0.15) is 18.5 Å². The Morgan fingerprint density at radius 2 is 2.14 bits per heavy atom. The van der Waals surface area contributed by atoms with Crippen LogP contribution >= 0.6 is 11.3 Å². The van der Waals surface area contributed by atoms with E-state index >= 15 is 0 Å². The van der Waals surface area contributed by atoms with Crippen molar-refractivity contribution in [3.63, 3.8) is 0 Å². The van der Waals surface area contributed by atoms with Gasteiger partial charge < -0.3 is 9.47 Å². The summed E-state index contributed by atoms with van der Waals surface area (Å²) in [5.74, 6) is 0.400. The maximum Gasteiger partial charge on any atom is 0.338 e. The largest absolute Gasteiger partial charge is 0.487 e. The standard InChI is InChI=1S/C17H19NO3S/c19-17(21-15-6-2-1-3-7-15)13-5-4-8-16(9-13)20-10-14-11-22-12-18-14/h4-5,8-9,11-12,15H,1-3,6-7,10H2. The molecule has 1 aliphatic carbocycles. The lowest BCUT2D eigenvalue weighted by molar-refractivity contribution is 0.0210. The van der Waals surface area contributed by atoms with Crippen LogP contribution in [-0.2, 0) is 11.3 Å². The molecule has 0 saturated heterocycles. The highest BCUT2D eigenvalue weighted by atomic mass is 32.1. The van der Waals surface area contributed by atoms with E-state index in [1.807, 2.05) is 17.5 Å². The number of benzene rings is 1. The highest BCUT2D eigenvalue weighted by molar-refractivity contribution is 7.07. The van der Waals surface area contributed by atoms with E-state index in [-0.39, 0.29) is 12.1 Å². The fourth-order valence-electron chi connectivity index (χ4n) is 2.58. The molecule has 0 spiro atoms. The number of hydrogen-bond acceptors (Lipinski definition) is 5. The van der Waals surface area contributed by atoms with Crippen LogP contribution in [0.2, 0.25) is 0 Å². The van der Waals surface area contributed by atoms with Crippen molar-refractivity contribution < 1.29 is 14.3 Å². The summed E-state index contributed by atoms with van der Waals surface area (Å²) in [6.07, 6.45) is 5.57. The van der Waals surface area contributed by atoms with Crippen LogP contribution in [0.4, 0.5) is 0 Å². The molecule has 0 aliphatic heterocycles. The van der Waals surface area contributed by atoms with E-state index in [0.29, 0.717) is 17.9 Å². The highest BCUT2D eigenvalue weighted by Crippen LogP contribution is 2.22. The highest BCUT2D eigenvalue weighted by Gasteiger charge is 2.19. The summed E-state index contributed by atoms with van der Waals surface area (Å²) in [6.45, 7) is 0.407. The third-order valence-electron chi connectivity index (χ3n) is 3.77. The quantitative estimate of drug-likeness (QED) is 0.775.